The van der Waals surface area contributed by atoms with Crippen molar-refractivity contribution in [1.82, 2.24) is 5.32 Å². The van der Waals surface area contributed by atoms with Gasteiger partial charge >= 0.3 is 0 Å². The van der Waals surface area contributed by atoms with E-state index in [0.29, 0.717) is 12.0 Å². The van der Waals surface area contributed by atoms with Gasteiger partial charge in [0, 0.05) is 10.9 Å². The fraction of sp³-hybridized carbons (Fsp3) is 0.688. The van der Waals surface area contributed by atoms with Crippen molar-refractivity contribution >= 4 is 17.2 Å². The van der Waals surface area contributed by atoms with Crippen molar-refractivity contribution in [2.45, 2.75) is 52.5 Å². The van der Waals surface area contributed by atoms with Crippen molar-refractivity contribution in [3.05, 3.63) is 21.4 Å². The van der Waals surface area contributed by atoms with Gasteiger partial charge in [0.1, 0.15) is 0 Å². The Hall–Kier alpha value is -0.830. The summed E-state index contributed by atoms with van der Waals surface area (Å²) in [6.45, 7) is 6.34. The third-order valence-corrected chi connectivity index (χ3v) is 6.33. The average molecular weight is 277 g/mol. The van der Waals surface area contributed by atoms with Crippen LogP contribution in [0.1, 0.15) is 52.7 Å². The van der Waals surface area contributed by atoms with Gasteiger partial charge in [-0.3, -0.25) is 4.79 Å². The topological polar surface area (TPSA) is 29.1 Å². The highest BCUT2D eigenvalue weighted by Crippen LogP contribution is 2.49. The van der Waals surface area contributed by atoms with E-state index in [-0.39, 0.29) is 5.91 Å². The van der Waals surface area contributed by atoms with E-state index in [1.54, 1.807) is 11.3 Å². The summed E-state index contributed by atoms with van der Waals surface area (Å²) in [7, 11) is 0. The molecule has 0 spiro atoms. The minimum Gasteiger partial charge on any atom is -0.349 e. The maximum absolute atomic E-state index is 12.3. The van der Waals surface area contributed by atoms with Gasteiger partial charge in [0.25, 0.3) is 5.91 Å². The van der Waals surface area contributed by atoms with Gasteiger partial charge in [0.15, 0.2) is 0 Å². The summed E-state index contributed by atoms with van der Waals surface area (Å²) >= 11 is 1.61. The standard InChI is InChI=1S/C16H23NOS/c1-9-6-15(19-11(9)3)16(18)17-10(2)14-8-12-4-5-13(14)7-12/h6,10,12-14H,4-5,7-8H2,1-3H3,(H,17,18)/t10-,12+,13+,14-/m1/s1. The molecule has 1 heterocycles. The molecule has 0 aliphatic heterocycles. The Bertz CT molecular complexity index is 473. The molecule has 3 rings (SSSR count). The zero-order valence-corrected chi connectivity index (χ0v) is 12.8. The molecule has 0 radical (unpaired) electrons. The molecule has 2 bridgehead atoms. The molecular weight excluding hydrogens is 254 g/mol. The van der Waals surface area contributed by atoms with Crippen LogP contribution in [-0.2, 0) is 0 Å². The Labute approximate surface area is 119 Å². The lowest BCUT2D eigenvalue weighted by Gasteiger charge is -2.28. The van der Waals surface area contributed by atoms with E-state index in [4.69, 9.17) is 0 Å². The van der Waals surface area contributed by atoms with Crippen LogP contribution < -0.4 is 5.32 Å². The molecule has 2 aliphatic rings. The van der Waals surface area contributed by atoms with Crippen LogP contribution in [0.2, 0.25) is 0 Å². The van der Waals surface area contributed by atoms with E-state index < -0.39 is 0 Å². The molecule has 3 heteroatoms. The molecule has 0 saturated heterocycles. The largest absolute Gasteiger partial charge is 0.349 e. The van der Waals surface area contributed by atoms with Crippen molar-refractivity contribution in [3.8, 4) is 0 Å². The second-order valence-corrected chi connectivity index (χ2v) is 7.71. The van der Waals surface area contributed by atoms with Gasteiger partial charge in [-0.15, -0.1) is 11.3 Å². The molecule has 1 aromatic rings. The molecule has 0 aromatic carbocycles. The predicted molar refractivity (Wildman–Crippen MR) is 79.7 cm³/mol. The Kier molecular flexibility index (Phi) is 3.42. The smallest absolute Gasteiger partial charge is 0.261 e. The second-order valence-electron chi connectivity index (χ2n) is 6.45. The third kappa shape index (κ3) is 2.45. The van der Waals surface area contributed by atoms with Crippen molar-refractivity contribution in [2.24, 2.45) is 17.8 Å². The molecule has 1 amide bonds. The highest BCUT2D eigenvalue weighted by atomic mass is 32.1. The van der Waals surface area contributed by atoms with Crippen LogP contribution in [-0.4, -0.2) is 11.9 Å². The van der Waals surface area contributed by atoms with Gasteiger partial charge < -0.3 is 5.32 Å². The first-order valence-electron chi connectivity index (χ1n) is 7.42. The molecule has 104 valence electrons. The summed E-state index contributed by atoms with van der Waals surface area (Å²) in [6.07, 6.45) is 5.54. The minimum atomic E-state index is 0.122. The zero-order valence-electron chi connectivity index (χ0n) is 12.0. The molecule has 0 unspecified atom stereocenters. The van der Waals surface area contributed by atoms with Gasteiger partial charge in [-0.05, 0) is 69.4 Å². The third-order valence-electron chi connectivity index (χ3n) is 5.18. The quantitative estimate of drug-likeness (QED) is 0.891. The number of nitrogens with one attached hydrogen (secondary N) is 1. The normalized spacial score (nSPS) is 30.6. The van der Waals surface area contributed by atoms with Gasteiger partial charge in [-0.2, -0.15) is 0 Å². The molecule has 1 N–H and O–H groups in total. The Morgan fingerprint density at radius 1 is 1.37 bits per heavy atom. The number of rotatable bonds is 3. The lowest BCUT2D eigenvalue weighted by atomic mass is 9.84. The van der Waals surface area contributed by atoms with E-state index in [9.17, 15) is 4.79 Å². The molecule has 19 heavy (non-hydrogen) atoms. The van der Waals surface area contributed by atoms with E-state index in [0.717, 1.165) is 16.7 Å². The minimum absolute atomic E-state index is 0.122. The number of carbonyl (C=O) groups is 1. The number of hydrogen-bond donors (Lipinski definition) is 1. The summed E-state index contributed by atoms with van der Waals surface area (Å²) in [4.78, 5) is 14.4. The number of amides is 1. The number of carbonyl (C=O) groups excluding carboxylic acids is 1. The van der Waals surface area contributed by atoms with Crippen LogP contribution in [0.25, 0.3) is 0 Å². The molecule has 2 aliphatic carbocycles. The van der Waals surface area contributed by atoms with E-state index in [2.05, 4.69) is 26.1 Å². The van der Waals surface area contributed by atoms with Crippen molar-refractivity contribution in [3.63, 3.8) is 0 Å². The van der Waals surface area contributed by atoms with E-state index >= 15 is 0 Å². The first kappa shape index (κ1) is 13.2. The lowest BCUT2D eigenvalue weighted by molar-refractivity contribution is 0.0919. The highest BCUT2D eigenvalue weighted by molar-refractivity contribution is 7.14. The average Bonchev–Trinajstić information content (AvgIpc) is 3.06. The van der Waals surface area contributed by atoms with E-state index in [1.807, 2.05) is 6.07 Å². The van der Waals surface area contributed by atoms with Crippen molar-refractivity contribution < 1.29 is 4.79 Å². The van der Waals surface area contributed by atoms with E-state index in [1.165, 1.54) is 36.1 Å². The number of fused-ring (bicyclic) bond motifs is 2. The Balaban J connectivity index is 1.63. The van der Waals surface area contributed by atoms with Crippen LogP contribution >= 0.6 is 11.3 Å². The lowest BCUT2D eigenvalue weighted by Crippen LogP contribution is -2.39. The van der Waals surface area contributed by atoms with Gasteiger partial charge in [-0.1, -0.05) is 6.42 Å². The van der Waals surface area contributed by atoms with Crippen LogP contribution in [0.5, 0.6) is 0 Å². The van der Waals surface area contributed by atoms with Gasteiger partial charge in [0.2, 0.25) is 0 Å². The molecule has 2 saturated carbocycles. The number of hydrogen-bond acceptors (Lipinski definition) is 2. The monoisotopic (exact) mass is 277 g/mol. The molecule has 2 fully saturated rings. The van der Waals surface area contributed by atoms with Crippen LogP contribution in [0, 0.1) is 31.6 Å². The maximum Gasteiger partial charge on any atom is 0.261 e. The van der Waals surface area contributed by atoms with Crippen LogP contribution in [0.3, 0.4) is 0 Å². The Morgan fingerprint density at radius 2 is 2.16 bits per heavy atom. The van der Waals surface area contributed by atoms with Gasteiger partial charge in [0.05, 0.1) is 4.88 Å². The fourth-order valence-electron chi connectivity index (χ4n) is 3.98. The number of thiophene rings is 1. The van der Waals surface area contributed by atoms with Crippen molar-refractivity contribution in [1.29, 1.82) is 0 Å². The molecule has 1 aromatic heterocycles. The van der Waals surface area contributed by atoms with Crippen LogP contribution in [0.15, 0.2) is 6.07 Å². The highest BCUT2D eigenvalue weighted by Gasteiger charge is 2.42. The SMILES string of the molecule is Cc1cc(C(=O)N[C@H](C)[C@H]2C[C@H]3CC[C@H]2C3)sc1C. The molecule has 4 atom stereocenters. The summed E-state index contributed by atoms with van der Waals surface area (Å²) in [6, 6.07) is 2.34. The summed E-state index contributed by atoms with van der Waals surface area (Å²) in [5.41, 5.74) is 1.22. The Morgan fingerprint density at radius 3 is 2.68 bits per heavy atom. The first-order valence-corrected chi connectivity index (χ1v) is 8.24. The zero-order chi connectivity index (χ0) is 13.6. The second kappa shape index (κ2) is 4.93. The predicted octanol–water partition coefficient (Wildman–Crippen LogP) is 3.92. The van der Waals surface area contributed by atoms with Crippen LogP contribution in [0.4, 0.5) is 0 Å². The fourth-order valence-corrected chi connectivity index (χ4v) is 4.91. The summed E-state index contributed by atoms with van der Waals surface area (Å²) < 4.78 is 0. The molecular formula is C16H23NOS. The van der Waals surface area contributed by atoms with Crippen molar-refractivity contribution in [2.75, 3.05) is 0 Å². The van der Waals surface area contributed by atoms with Gasteiger partial charge in [-0.25, -0.2) is 0 Å². The first-order chi connectivity index (χ1) is 9.04. The molecule has 2 nitrogen and oxygen atoms in total. The number of aryl methyl sites for hydroxylation is 2. The summed E-state index contributed by atoms with van der Waals surface area (Å²) in [5.74, 6) is 2.65. The summed E-state index contributed by atoms with van der Waals surface area (Å²) in [5, 5.41) is 3.24. The maximum atomic E-state index is 12.3.